The van der Waals surface area contributed by atoms with E-state index in [1.165, 1.54) is 22.9 Å². The third-order valence-electron chi connectivity index (χ3n) is 6.95. The predicted molar refractivity (Wildman–Crippen MR) is 160 cm³/mol. The molecule has 202 valence electrons. The summed E-state index contributed by atoms with van der Waals surface area (Å²) in [5.74, 6) is 0.396. The molecule has 0 radical (unpaired) electrons. The molecule has 1 aliphatic rings. The van der Waals surface area contributed by atoms with Gasteiger partial charge in [-0.2, -0.15) is 5.10 Å². The van der Waals surface area contributed by atoms with Crippen LogP contribution >= 0.6 is 23.1 Å². The summed E-state index contributed by atoms with van der Waals surface area (Å²) in [6, 6.07) is 18.3. The molecule has 0 atom stereocenters. The molecule has 0 spiro atoms. The van der Waals surface area contributed by atoms with E-state index in [2.05, 4.69) is 10.5 Å². The van der Waals surface area contributed by atoms with Gasteiger partial charge in [0.05, 0.1) is 30.2 Å². The van der Waals surface area contributed by atoms with Crippen LogP contribution in [0.1, 0.15) is 28.8 Å². The van der Waals surface area contributed by atoms with Crippen molar-refractivity contribution in [3.8, 4) is 17.2 Å². The number of nitrogens with zero attached hydrogens (tertiary/aromatic N) is 3. The fourth-order valence-electron chi connectivity index (χ4n) is 4.99. The number of ether oxygens (including phenoxy) is 1. The van der Waals surface area contributed by atoms with Gasteiger partial charge in [0, 0.05) is 10.4 Å². The highest BCUT2D eigenvalue weighted by atomic mass is 32.2. The van der Waals surface area contributed by atoms with Crippen molar-refractivity contribution >= 4 is 56.2 Å². The van der Waals surface area contributed by atoms with Gasteiger partial charge in [-0.15, -0.1) is 11.3 Å². The molecule has 0 saturated carbocycles. The third-order valence-corrected chi connectivity index (χ3v) is 9.08. The average molecular weight is 571 g/mol. The van der Waals surface area contributed by atoms with Gasteiger partial charge >= 0.3 is 0 Å². The summed E-state index contributed by atoms with van der Waals surface area (Å²) in [7, 11) is 1.59. The molecule has 1 aliphatic carbocycles. The normalized spacial score (nSPS) is 13.1. The highest BCUT2D eigenvalue weighted by Crippen LogP contribution is 2.35. The summed E-state index contributed by atoms with van der Waals surface area (Å²) in [4.78, 5) is 33.5. The molecule has 5 aromatic rings. The highest BCUT2D eigenvalue weighted by Gasteiger charge is 2.23. The van der Waals surface area contributed by atoms with Crippen molar-refractivity contribution in [2.45, 2.75) is 30.8 Å². The largest absolute Gasteiger partial charge is 0.507 e. The molecule has 0 unspecified atom stereocenters. The fourth-order valence-corrected chi connectivity index (χ4v) is 7.10. The molecule has 6 rings (SSSR count). The van der Waals surface area contributed by atoms with Crippen molar-refractivity contribution in [3.63, 3.8) is 0 Å². The molecule has 3 aromatic carbocycles. The van der Waals surface area contributed by atoms with Gasteiger partial charge in [-0.05, 0) is 72.4 Å². The second-order valence-electron chi connectivity index (χ2n) is 9.43. The van der Waals surface area contributed by atoms with Crippen LogP contribution in [0.4, 0.5) is 0 Å². The number of amides is 1. The average Bonchev–Trinajstić information content (AvgIpc) is 3.36. The van der Waals surface area contributed by atoms with Crippen molar-refractivity contribution in [3.05, 3.63) is 87.0 Å². The first-order valence-corrected chi connectivity index (χ1v) is 14.7. The van der Waals surface area contributed by atoms with E-state index in [4.69, 9.17) is 9.72 Å². The summed E-state index contributed by atoms with van der Waals surface area (Å²) in [6.07, 6.45) is 5.47. The highest BCUT2D eigenvalue weighted by molar-refractivity contribution is 7.99. The first-order chi connectivity index (χ1) is 19.5. The van der Waals surface area contributed by atoms with Gasteiger partial charge in [-0.1, -0.05) is 42.1 Å². The maximum Gasteiger partial charge on any atom is 0.267 e. The minimum absolute atomic E-state index is 0.00193. The Balaban J connectivity index is 1.28. The minimum atomic E-state index is -0.359. The number of hydrogen-bond donors (Lipinski definition) is 2. The second kappa shape index (κ2) is 11.1. The molecule has 0 bridgehead atoms. The smallest absolute Gasteiger partial charge is 0.267 e. The number of carbonyl (C=O) groups is 1. The number of rotatable bonds is 7. The monoisotopic (exact) mass is 570 g/mol. The van der Waals surface area contributed by atoms with E-state index in [1.54, 1.807) is 41.2 Å². The maximum absolute atomic E-state index is 13.9. The summed E-state index contributed by atoms with van der Waals surface area (Å²) < 4.78 is 6.87. The Bertz CT molecular complexity index is 1830. The van der Waals surface area contributed by atoms with Crippen LogP contribution < -0.4 is 15.7 Å². The SMILES string of the molecule is COc1ccc(-n2c(SCC(=O)NN=Cc3c(O)ccc4ccccc34)nc3sc4c(c3c2=O)CCCC4)cc1. The lowest BCUT2D eigenvalue weighted by molar-refractivity contribution is -0.118. The van der Waals surface area contributed by atoms with Crippen LogP contribution in [0.15, 0.2) is 75.7 Å². The Hall–Kier alpha value is -4.15. The van der Waals surface area contributed by atoms with E-state index in [0.717, 1.165) is 42.0 Å². The van der Waals surface area contributed by atoms with E-state index in [-0.39, 0.29) is 23.0 Å². The number of methoxy groups -OCH3 is 1. The third kappa shape index (κ3) is 4.96. The minimum Gasteiger partial charge on any atom is -0.507 e. The molecule has 0 saturated heterocycles. The topological polar surface area (TPSA) is 106 Å². The lowest BCUT2D eigenvalue weighted by atomic mass is 9.97. The van der Waals surface area contributed by atoms with Gasteiger partial charge in [0.15, 0.2) is 5.16 Å². The number of carbonyl (C=O) groups excluding carboxylic acids is 1. The number of aryl methyl sites for hydroxylation is 2. The van der Waals surface area contributed by atoms with Gasteiger partial charge in [0.2, 0.25) is 0 Å². The number of phenols is 1. The van der Waals surface area contributed by atoms with Crippen molar-refractivity contribution in [2.75, 3.05) is 12.9 Å². The number of nitrogens with one attached hydrogen (secondary N) is 1. The molecule has 8 nitrogen and oxygen atoms in total. The molecule has 2 heterocycles. The molecule has 1 amide bonds. The fraction of sp³-hybridized carbons (Fsp3) is 0.200. The molecule has 2 aromatic heterocycles. The van der Waals surface area contributed by atoms with Crippen LogP contribution in [-0.2, 0) is 17.6 Å². The van der Waals surface area contributed by atoms with E-state index >= 15 is 0 Å². The van der Waals surface area contributed by atoms with Crippen molar-refractivity contribution in [2.24, 2.45) is 5.10 Å². The number of fused-ring (bicyclic) bond motifs is 4. The summed E-state index contributed by atoms with van der Waals surface area (Å²) in [5.41, 5.74) is 4.70. The zero-order valence-corrected chi connectivity index (χ0v) is 23.3. The van der Waals surface area contributed by atoms with Crippen molar-refractivity contribution in [1.82, 2.24) is 15.0 Å². The van der Waals surface area contributed by atoms with Crippen LogP contribution in [-0.4, -0.2) is 39.6 Å². The number of hydrazone groups is 1. The lowest BCUT2D eigenvalue weighted by Crippen LogP contribution is -2.24. The number of aromatic nitrogens is 2. The zero-order valence-electron chi connectivity index (χ0n) is 21.7. The predicted octanol–water partition coefficient (Wildman–Crippen LogP) is 5.44. The van der Waals surface area contributed by atoms with Crippen LogP contribution in [0.5, 0.6) is 11.5 Å². The van der Waals surface area contributed by atoms with Gasteiger partial charge in [-0.3, -0.25) is 14.2 Å². The van der Waals surface area contributed by atoms with E-state index < -0.39 is 0 Å². The van der Waals surface area contributed by atoms with Crippen molar-refractivity contribution < 1.29 is 14.6 Å². The first kappa shape index (κ1) is 26.1. The maximum atomic E-state index is 13.9. The van der Waals surface area contributed by atoms with Crippen LogP contribution in [0, 0.1) is 0 Å². The lowest BCUT2D eigenvalue weighted by Gasteiger charge is -2.14. The second-order valence-corrected chi connectivity index (χ2v) is 11.5. The standard InChI is InChI=1S/C30H26N4O4S2/c1-38-20-13-11-19(12-14-20)34-29(37)27-22-8-4-5-9-25(22)40-28(27)32-30(34)39-17-26(36)33-31-16-23-21-7-3-2-6-18(21)10-15-24(23)35/h2-3,6-7,10-16,35H,4-5,8-9,17H2,1H3,(H,33,36). The van der Waals surface area contributed by atoms with Crippen LogP contribution in [0.3, 0.4) is 0 Å². The molecule has 0 fully saturated rings. The Morgan fingerprint density at radius 2 is 1.95 bits per heavy atom. The molecule has 2 N–H and O–H groups in total. The molecular weight excluding hydrogens is 544 g/mol. The van der Waals surface area contributed by atoms with Crippen molar-refractivity contribution in [1.29, 1.82) is 0 Å². The number of phenolic OH excluding ortho intramolecular Hbond substituents is 1. The number of thiophene rings is 1. The van der Waals surface area contributed by atoms with E-state index in [9.17, 15) is 14.7 Å². The van der Waals surface area contributed by atoms with Crippen LogP contribution in [0.2, 0.25) is 0 Å². The Morgan fingerprint density at radius 3 is 2.77 bits per heavy atom. The van der Waals surface area contributed by atoms with Crippen LogP contribution in [0.25, 0.3) is 26.7 Å². The van der Waals surface area contributed by atoms with E-state index in [0.29, 0.717) is 32.4 Å². The summed E-state index contributed by atoms with van der Waals surface area (Å²) >= 11 is 2.76. The van der Waals surface area contributed by atoms with E-state index in [1.807, 2.05) is 42.5 Å². The quantitative estimate of drug-likeness (QED) is 0.117. The Kier molecular flexibility index (Phi) is 7.27. The van der Waals surface area contributed by atoms with Gasteiger partial charge in [0.25, 0.3) is 11.5 Å². The number of aromatic hydroxyl groups is 1. The number of thioether (sulfide) groups is 1. The van der Waals surface area contributed by atoms with Gasteiger partial charge < -0.3 is 9.84 Å². The number of hydrogen-bond acceptors (Lipinski definition) is 8. The summed E-state index contributed by atoms with van der Waals surface area (Å²) in [5, 5.41) is 17.3. The van der Waals surface area contributed by atoms with Gasteiger partial charge in [-0.25, -0.2) is 10.4 Å². The molecule has 0 aliphatic heterocycles. The first-order valence-electron chi connectivity index (χ1n) is 12.9. The molecule has 40 heavy (non-hydrogen) atoms. The zero-order chi connectivity index (χ0) is 27.6. The Morgan fingerprint density at radius 1 is 1.15 bits per heavy atom. The summed E-state index contributed by atoms with van der Waals surface area (Å²) in [6.45, 7) is 0. The molecule has 10 heteroatoms. The van der Waals surface area contributed by atoms with Gasteiger partial charge in [0.1, 0.15) is 16.3 Å². The Labute approximate surface area is 238 Å². The molecular formula is C30H26N4O4S2. The number of benzene rings is 3.